The number of aliphatic hydroxyl groups is 1. The topological polar surface area (TPSA) is 52.6 Å². The number of hydrogen-bond donors (Lipinski definition) is 2. The van der Waals surface area contributed by atoms with E-state index in [4.69, 9.17) is 5.11 Å². The van der Waals surface area contributed by atoms with Crippen molar-refractivity contribution in [3.05, 3.63) is 0 Å². The Morgan fingerprint density at radius 1 is 1.64 bits per heavy atom. The van der Waals surface area contributed by atoms with Gasteiger partial charge in [0, 0.05) is 13.6 Å². The summed E-state index contributed by atoms with van der Waals surface area (Å²) in [5, 5.41) is 12.2. The molecule has 1 aliphatic rings. The minimum atomic E-state index is -0.0877. The maximum absolute atomic E-state index is 11.9. The number of likely N-dealkylation sites (N-methyl/N-ethyl adjacent to an activating group) is 1. The minimum Gasteiger partial charge on any atom is -0.394 e. The smallest absolute Gasteiger partial charge is 0.227 e. The van der Waals surface area contributed by atoms with Gasteiger partial charge in [-0.1, -0.05) is 6.92 Å². The second-order valence-electron chi connectivity index (χ2n) is 4.22. The summed E-state index contributed by atoms with van der Waals surface area (Å²) in [7, 11) is 1.76. The molecule has 0 bridgehead atoms. The summed E-state index contributed by atoms with van der Waals surface area (Å²) in [4.78, 5) is 13.6. The van der Waals surface area contributed by atoms with E-state index in [2.05, 4.69) is 12.2 Å². The van der Waals surface area contributed by atoms with E-state index in [0.29, 0.717) is 5.92 Å². The zero-order valence-corrected chi connectivity index (χ0v) is 9.16. The van der Waals surface area contributed by atoms with Crippen molar-refractivity contribution in [3.63, 3.8) is 0 Å². The number of aliphatic hydroxyl groups excluding tert-OH is 1. The first-order chi connectivity index (χ1) is 6.57. The van der Waals surface area contributed by atoms with E-state index >= 15 is 0 Å². The van der Waals surface area contributed by atoms with Gasteiger partial charge in [0.25, 0.3) is 0 Å². The first-order valence-corrected chi connectivity index (χ1v) is 5.16. The third-order valence-electron chi connectivity index (χ3n) is 3.11. The molecule has 1 rings (SSSR count). The van der Waals surface area contributed by atoms with Crippen molar-refractivity contribution in [2.45, 2.75) is 19.9 Å². The van der Waals surface area contributed by atoms with Gasteiger partial charge in [0.1, 0.15) is 0 Å². The summed E-state index contributed by atoms with van der Waals surface area (Å²) in [5.41, 5.74) is 0. The van der Waals surface area contributed by atoms with Gasteiger partial charge in [-0.15, -0.1) is 0 Å². The van der Waals surface area contributed by atoms with Crippen molar-refractivity contribution >= 4 is 5.91 Å². The van der Waals surface area contributed by atoms with Gasteiger partial charge < -0.3 is 15.3 Å². The van der Waals surface area contributed by atoms with Gasteiger partial charge >= 0.3 is 0 Å². The number of carbonyl (C=O) groups is 1. The molecule has 0 aromatic heterocycles. The highest BCUT2D eigenvalue weighted by Crippen LogP contribution is 2.18. The quantitative estimate of drug-likeness (QED) is 0.656. The number of rotatable bonds is 3. The summed E-state index contributed by atoms with van der Waals surface area (Å²) in [6.07, 6.45) is 0. The van der Waals surface area contributed by atoms with Crippen molar-refractivity contribution in [2.24, 2.45) is 11.8 Å². The standard InChI is InChI=1S/C10H20N2O2/c1-7-4-11-5-9(7)10(14)12(3)8(2)6-13/h7-9,11,13H,4-6H2,1-3H3. The Kier molecular flexibility index (Phi) is 3.89. The average Bonchev–Trinajstić information content (AvgIpc) is 2.61. The molecule has 2 N–H and O–H groups in total. The molecule has 1 saturated heterocycles. The van der Waals surface area contributed by atoms with Gasteiger partial charge in [-0.2, -0.15) is 0 Å². The highest BCUT2D eigenvalue weighted by molar-refractivity contribution is 5.79. The van der Waals surface area contributed by atoms with Crippen molar-refractivity contribution < 1.29 is 9.90 Å². The predicted octanol–water partition coefficient (Wildman–Crippen LogP) is -0.319. The van der Waals surface area contributed by atoms with Crippen LogP contribution in [-0.4, -0.2) is 48.7 Å². The molecule has 4 nitrogen and oxygen atoms in total. The molecule has 1 amide bonds. The lowest BCUT2D eigenvalue weighted by molar-refractivity contribution is -0.137. The van der Waals surface area contributed by atoms with Crippen LogP contribution in [-0.2, 0) is 4.79 Å². The third-order valence-corrected chi connectivity index (χ3v) is 3.11. The molecule has 1 aliphatic heterocycles. The second-order valence-corrected chi connectivity index (χ2v) is 4.22. The summed E-state index contributed by atoms with van der Waals surface area (Å²) < 4.78 is 0. The first-order valence-electron chi connectivity index (χ1n) is 5.16. The van der Waals surface area contributed by atoms with Crippen LogP contribution in [0, 0.1) is 11.8 Å². The number of carbonyl (C=O) groups excluding carboxylic acids is 1. The molecule has 1 fully saturated rings. The fourth-order valence-electron chi connectivity index (χ4n) is 1.74. The van der Waals surface area contributed by atoms with E-state index in [-0.39, 0.29) is 24.5 Å². The molecule has 0 aromatic rings. The molecule has 14 heavy (non-hydrogen) atoms. The minimum absolute atomic E-state index is 0.0246. The largest absolute Gasteiger partial charge is 0.394 e. The Morgan fingerprint density at radius 3 is 2.71 bits per heavy atom. The third kappa shape index (κ3) is 2.25. The Hall–Kier alpha value is -0.610. The first kappa shape index (κ1) is 11.5. The van der Waals surface area contributed by atoms with Crippen molar-refractivity contribution in [1.82, 2.24) is 10.2 Å². The van der Waals surface area contributed by atoms with E-state index < -0.39 is 0 Å². The molecule has 82 valence electrons. The molecule has 0 aliphatic carbocycles. The lowest BCUT2D eigenvalue weighted by Crippen LogP contribution is -2.42. The molecule has 3 atom stereocenters. The molecular weight excluding hydrogens is 180 g/mol. The molecule has 0 saturated carbocycles. The number of amides is 1. The molecule has 1 heterocycles. The molecule has 0 spiro atoms. The molecule has 4 heteroatoms. The summed E-state index contributed by atoms with van der Waals surface area (Å²) in [6.45, 7) is 5.64. The van der Waals surface area contributed by atoms with Crippen LogP contribution in [0.5, 0.6) is 0 Å². The van der Waals surface area contributed by atoms with E-state index in [0.717, 1.165) is 13.1 Å². The Labute approximate surface area is 85.3 Å². The van der Waals surface area contributed by atoms with E-state index in [1.807, 2.05) is 6.92 Å². The van der Waals surface area contributed by atoms with E-state index in [1.54, 1.807) is 11.9 Å². The summed E-state index contributed by atoms with van der Waals surface area (Å²) >= 11 is 0. The summed E-state index contributed by atoms with van der Waals surface area (Å²) in [5.74, 6) is 0.619. The Morgan fingerprint density at radius 2 is 2.29 bits per heavy atom. The Bertz CT molecular complexity index is 208. The monoisotopic (exact) mass is 200 g/mol. The maximum atomic E-state index is 11.9. The van der Waals surface area contributed by atoms with Crippen LogP contribution in [0.2, 0.25) is 0 Å². The van der Waals surface area contributed by atoms with Gasteiger partial charge in [-0.3, -0.25) is 4.79 Å². The van der Waals surface area contributed by atoms with Crippen LogP contribution in [0.1, 0.15) is 13.8 Å². The highest BCUT2D eigenvalue weighted by atomic mass is 16.3. The number of nitrogens with one attached hydrogen (secondary N) is 1. The van der Waals surface area contributed by atoms with Crippen LogP contribution >= 0.6 is 0 Å². The van der Waals surface area contributed by atoms with Crippen LogP contribution < -0.4 is 5.32 Å². The maximum Gasteiger partial charge on any atom is 0.227 e. The van der Waals surface area contributed by atoms with Crippen molar-refractivity contribution in [2.75, 3.05) is 26.7 Å². The van der Waals surface area contributed by atoms with Crippen molar-refractivity contribution in [1.29, 1.82) is 0 Å². The number of nitrogens with zero attached hydrogens (tertiary/aromatic N) is 1. The summed E-state index contributed by atoms with van der Waals surface area (Å²) in [6, 6.07) is -0.0877. The average molecular weight is 200 g/mol. The predicted molar refractivity (Wildman–Crippen MR) is 54.8 cm³/mol. The fourth-order valence-corrected chi connectivity index (χ4v) is 1.74. The van der Waals surface area contributed by atoms with E-state index in [9.17, 15) is 4.79 Å². The lowest BCUT2D eigenvalue weighted by atomic mass is 9.96. The van der Waals surface area contributed by atoms with Crippen LogP contribution in [0.3, 0.4) is 0 Å². The van der Waals surface area contributed by atoms with Crippen molar-refractivity contribution in [3.8, 4) is 0 Å². The molecule has 0 radical (unpaired) electrons. The van der Waals surface area contributed by atoms with Gasteiger partial charge in [0.05, 0.1) is 18.6 Å². The lowest BCUT2D eigenvalue weighted by Gasteiger charge is -2.27. The highest BCUT2D eigenvalue weighted by Gasteiger charge is 2.32. The Balaban J connectivity index is 2.55. The van der Waals surface area contributed by atoms with Gasteiger partial charge in [0.15, 0.2) is 0 Å². The SMILES string of the molecule is CC1CNCC1C(=O)N(C)C(C)CO. The molecular formula is C10H20N2O2. The van der Waals surface area contributed by atoms with Crippen LogP contribution in [0.4, 0.5) is 0 Å². The van der Waals surface area contributed by atoms with Gasteiger partial charge in [-0.05, 0) is 19.4 Å². The van der Waals surface area contributed by atoms with Gasteiger partial charge in [0.2, 0.25) is 5.91 Å². The van der Waals surface area contributed by atoms with Gasteiger partial charge in [-0.25, -0.2) is 0 Å². The fraction of sp³-hybridized carbons (Fsp3) is 0.900. The molecule has 0 aromatic carbocycles. The van der Waals surface area contributed by atoms with Crippen LogP contribution in [0.25, 0.3) is 0 Å². The number of hydrogen-bond acceptors (Lipinski definition) is 3. The van der Waals surface area contributed by atoms with E-state index in [1.165, 1.54) is 0 Å². The van der Waals surface area contributed by atoms with Crippen LogP contribution in [0.15, 0.2) is 0 Å². The zero-order valence-electron chi connectivity index (χ0n) is 9.16. The molecule has 3 unspecified atom stereocenters. The zero-order chi connectivity index (χ0) is 10.7. The normalized spacial score (nSPS) is 28.9. The second kappa shape index (κ2) is 4.75.